The third kappa shape index (κ3) is 1.39. The van der Waals surface area contributed by atoms with E-state index in [4.69, 9.17) is 4.98 Å². The van der Waals surface area contributed by atoms with E-state index in [-0.39, 0.29) is 0 Å². The predicted molar refractivity (Wildman–Crippen MR) is 58.8 cm³/mol. The first-order valence-corrected chi connectivity index (χ1v) is 6.37. The standard InChI is InChI=1S/C11H16N2S/c1-12-8-3-2-4-9-10(8)13-11(14-9)7-5-6-7/h7-8,12H,2-6H2,1H3. The third-order valence-electron chi connectivity index (χ3n) is 3.25. The second-order valence-corrected chi connectivity index (χ2v) is 5.48. The summed E-state index contributed by atoms with van der Waals surface area (Å²) < 4.78 is 0. The molecule has 0 bridgehead atoms. The molecule has 3 rings (SSSR count). The lowest BCUT2D eigenvalue weighted by atomic mass is 9.98. The van der Waals surface area contributed by atoms with Crippen LogP contribution in [0, 0.1) is 0 Å². The van der Waals surface area contributed by atoms with Gasteiger partial charge in [-0.05, 0) is 39.2 Å². The Hall–Kier alpha value is -0.410. The Bertz CT molecular complexity index is 341. The highest BCUT2D eigenvalue weighted by molar-refractivity contribution is 7.11. The largest absolute Gasteiger partial charge is 0.312 e. The molecule has 14 heavy (non-hydrogen) atoms. The van der Waals surface area contributed by atoms with Crippen molar-refractivity contribution in [2.24, 2.45) is 0 Å². The summed E-state index contributed by atoms with van der Waals surface area (Å²) in [4.78, 5) is 6.37. The molecule has 0 spiro atoms. The number of nitrogens with one attached hydrogen (secondary N) is 1. The maximum Gasteiger partial charge on any atom is 0.0962 e. The highest BCUT2D eigenvalue weighted by atomic mass is 32.1. The molecule has 1 N–H and O–H groups in total. The molecule has 1 saturated carbocycles. The fourth-order valence-electron chi connectivity index (χ4n) is 2.22. The van der Waals surface area contributed by atoms with Gasteiger partial charge in [0.25, 0.3) is 0 Å². The Morgan fingerprint density at radius 3 is 2.93 bits per heavy atom. The van der Waals surface area contributed by atoms with E-state index in [0.29, 0.717) is 6.04 Å². The maximum atomic E-state index is 4.82. The minimum Gasteiger partial charge on any atom is -0.312 e. The van der Waals surface area contributed by atoms with Crippen LogP contribution in [0.25, 0.3) is 0 Å². The van der Waals surface area contributed by atoms with E-state index >= 15 is 0 Å². The first-order chi connectivity index (χ1) is 6.88. The molecule has 1 heterocycles. The first kappa shape index (κ1) is 8.86. The van der Waals surface area contributed by atoms with Gasteiger partial charge in [0.1, 0.15) is 0 Å². The van der Waals surface area contributed by atoms with Crippen LogP contribution in [0.15, 0.2) is 0 Å². The second kappa shape index (κ2) is 3.31. The van der Waals surface area contributed by atoms with Crippen molar-refractivity contribution in [3.05, 3.63) is 15.6 Å². The van der Waals surface area contributed by atoms with Gasteiger partial charge in [0.15, 0.2) is 0 Å². The Balaban J connectivity index is 1.95. The van der Waals surface area contributed by atoms with Crippen molar-refractivity contribution in [1.82, 2.24) is 10.3 Å². The van der Waals surface area contributed by atoms with Gasteiger partial charge in [-0.15, -0.1) is 11.3 Å². The SMILES string of the molecule is CNC1CCCc2sc(C3CC3)nc21. The lowest BCUT2D eigenvalue weighted by molar-refractivity contribution is 0.489. The monoisotopic (exact) mass is 208 g/mol. The first-order valence-electron chi connectivity index (χ1n) is 5.55. The molecule has 2 aliphatic carbocycles. The fourth-order valence-corrected chi connectivity index (χ4v) is 3.56. The summed E-state index contributed by atoms with van der Waals surface area (Å²) in [5.41, 5.74) is 1.37. The van der Waals surface area contributed by atoms with Gasteiger partial charge >= 0.3 is 0 Å². The number of nitrogens with zero attached hydrogens (tertiary/aromatic N) is 1. The van der Waals surface area contributed by atoms with Crippen molar-refractivity contribution in [3.63, 3.8) is 0 Å². The Morgan fingerprint density at radius 1 is 1.36 bits per heavy atom. The molecule has 1 fully saturated rings. The molecule has 3 heteroatoms. The van der Waals surface area contributed by atoms with Gasteiger partial charge in [0, 0.05) is 10.8 Å². The van der Waals surface area contributed by atoms with E-state index in [0.717, 1.165) is 5.92 Å². The summed E-state index contributed by atoms with van der Waals surface area (Å²) in [5, 5.41) is 4.79. The minimum absolute atomic E-state index is 0.530. The average molecular weight is 208 g/mol. The van der Waals surface area contributed by atoms with E-state index in [1.165, 1.54) is 42.8 Å². The highest BCUT2D eigenvalue weighted by Crippen LogP contribution is 2.44. The number of hydrogen-bond donors (Lipinski definition) is 1. The number of hydrogen-bond acceptors (Lipinski definition) is 3. The lowest BCUT2D eigenvalue weighted by Gasteiger charge is -2.19. The molecular formula is C11H16N2S. The summed E-state index contributed by atoms with van der Waals surface area (Å²) in [6.07, 6.45) is 6.59. The maximum absolute atomic E-state index is 4.82. The van der Waals surface area contributed by atoms with Gasteiger partial charge in [-0.25, -0.2) is 4.98 Å². The molecule has 76 valence electrons. The number of rotatable bonds is 2. The number of aryl methyl sites for hydroxylation is 1. The van der Waals surface area contributed by atoms with Crippen molar-refractivity contribution >= 4 is 11.3 Å². The van der Waals surface area contributed by atoms with Crippen LogP contribution < -0.4 is 5.32 Å². The van der Waals surface area contributed by atoms with Crippen molar-refractivity contribution in [1.29, 1.82) is 0 Å². The van der Waals surface area contributed by atoms with Crippen molar-refractivity contribution < 1.29 is 0 Å². The predicted octanol–water partition coefficient (Wildman–Crippen LogP) is 2.62. The molecule has 1 atom stereocenters. The Morgan fingerprint density at radius 2 is 2.21 bits per heavy atom. The number of aromatic nitrogens is 1. The molecule has 2 aliphatic rings. The van der Waals surface area contributed by atoms with Crippen molar-refractivity contribution in [2.45, 2.75) is 44.1 Å². The number of thiazole rings is 1. The summed E-state index contributed by atoms with van der Waals surface area (Å²) in [6.45, 7) is 0. The van der Waals surface area contributed by atoms with Gasteiger partial charge in [-0.1, -0.05) is 0 Å². The van der Waals surface area contributed by atoms with Crippen LogP contribution in [-0.4, -0.2) is 12.0 Å². The molecule has 0 amide bonds. The van der Waals surface area contributed by atoms with Gasteiger partial charge in [0.05, 0.1) is 16.7 Å². The van der Waals surface area contributed by atoms with Gasteiger partial charge in [0.2, 0.25) is 0 Å². The molecule has 0 aliphatic heterocycles. The average Bonchev–Trinajstić information content (AvgIpc) is 2.97. The van der Waals surface area contributed by atoms with Crippen LogP contribution >= 0.6 is 11.3 Å². The van der Waals surface area contributed by atoms with Crippen LogP contribution in [0.3, 0.4) is 0 Å². The van der Waals surface area contributed by atoms with E-state index < -0.39 is 0 Å². The molecular weight excluding hydrogens is 192 g/mol. The van der Waals surface area contributed by atoms with Crippen LogP contribution in [0.5, 0.6) is 0 Å². The van der Waals surface area contributed by atoms with Crippen LogP contribution in [0.2, 0.25) is 0 Å². The smallest absolute Gasteiger partial charge is 0.0962 e. The summed E-state index contributed by atoms with van der Waals surface area (Å²) >= 11 is 1.97. The molecule has 0 aromatic carbocycles. The Kier molecular flexibility index (Phi) is 2.10. The Labute approximate surface area is 88.7 Å². The van der Waals surface area contributed by atoms with Gasteiger partial charge < -0.3 is 5.32 Å². The lowest BCUT2D eigenvalue weighted by Crippen LogP contribution is -2.21. The number of fused-ring (bicyclic) bond motifs is 1. The summed E-state index contributed by atoms with van der Waals surface area (Å²) in [6, 6.07) is 0.530. The summed E-state index contributed by atoms with van der Waals surface area (Å²) in [7, 11) is 2.05. The topological polar surface area (TPSA) is 24.9 Å². The van der Waals surface area contributed by atoms with E-state index in [1.807, 2.05) is 11.3 Å². The zero-order chi connectivity index (χ0) is 9.54. The van der Waals surface area contributed by atoms with Crippen LogP contribution in [-0.2, 0) is 6.42 Å². The molecule has 1 aromatic rings. The van der Waals surface area contributed by atoms with E-state index in [9.17, 15) is 0 Å². The zero-order valence-electron chi connectivity index (χ0n) is 8.55. The molecule has 1 aromatic heterocycles. The van der Waals surface area contributed by atoms with E-state index in [2.05, 4.69) is 12.4 Å². The van der Waals surface area contributed by atoms with Crippen LogP contribution in [0.1, 0.15) is 53.2 Å². The molecule has 0 radical (unpaired) electrons. The van der Waals surface area contributed by atoms with Crippen molar-refractivity contribution in [2.75, 3.05) is 7.05 Å². The summed E-state index contributed by atoms with van der Waals surface area (Å²) in [5.74, 6) is 0.822. The second-order valence-electron chi connectivity index (χ2n) is 4.37. The zero-order valence-corrected chi connectivity index (χ0v) is 9.36. The highest BCUT2D eigenvalue weighted by Gasteiger charge is 2.31. The van der Waals surface area contributed by atoms with Crippen molar-refractivity contribution in [3.8, 4) is 0 Å². The van der Waals surface area contributed by atoms with Gasteiger partial charge in [-0.3, -0.25) is 0 Å². The van der Waals surface area contributed by atoms with E-state index in [1.54, 1.807) is 4.88 Å². The molecule has 2 nitrogen and oxygen atoms in total. The molecule has 0 saturated heterocycles. The molecule has 1 unspecified atom stereocenters. The quantitative estimate of drug-likeness (QED) is 0.808. The normalized spacial score (nSPS) is 26.2. The minimum atomic E-state index is 0.530. The third-order valence-corrected chi connectivity index (χ3v) is 4.54. The van der Waals surface area contributed by atoms with Crippen LogP contribution in [0.4, 0.5) is 0 Å². The van der Waals surface area contributed by atoms with Gasteiger partial charge in [-0.2, -0.15) is 0 Å². The fraction of sp³-hybridized carbons (Fsp3) is 0.727.